The first-order valence-electron chi connectivity index (χ1n) is 19.3. The average molecular weight is 744 g/mol. The maximum absolute atomic E-state index is 6.26. The van der Waals surface area contributed by atoms with Gasteiger partial charge in [-0.1, -0.05) is 152 Å². The monoisotopic (exact) mass is 743 g/mol. The minimum atomic E-state index is 0.610. The molecule has 58 heavy (non-hydrogen) atoms. The number of benzene rings is 8. The molecule has 272 valence electrons. The van der Waals surface area contributed by atoms with E-state index in [1.54, 1.807) is 0 Å². The second kappa shape index (κ2) is 14.0. The quantitative estimate of drug-likeness (QED) is 0.163. The smallest absolute Gasteiger partial charge is 0.227 e. The molecule has 8 aromatic carbocycles. The molecule has 0 amide bonds. The number of aromatic nitrogens is 5. The van der Waals surface area contributed by atoms with Gasteiger partial charge in [-0.3, -0.25) is 0 Å². The normalized spacial score (nSPS) is 11.4. The fourth-order valence-corrected chi connectivity index (χ4v) is 7.79. The molecule has 3 aromatic heterocycles. The SMILES string of the molecule is c1ccc(-c2ccc(-c3nc(-c4ccccc4)nc(-c4ccc5c6ccc(-c7ccc8nc(-c9ccccc9)oc8c7)cc6n(-c6ccccc6)c5c4)n3)cc2)cc1. The number of hydrogen-bond acceptors (Lipinski definition) is 5. The Hall–Kier alpha value is -7.96. The van der Waals surface area contributed by atoms with Crippen LogP contribution in [0.15, 0.2) is 205 Å². The van der Waals surface area contributed by atoms with Crippen molar-refractivity contribution in [2.24, 2.45) is 0 Å². The van der Waals surface area contributed by atoms with Crippen LogP contribution < -0.4 is 0 Å². The highest BCUT2D eigenvalue weighted by molar-refractivity contribution is 6.11. The Kier molecular flexibility index (Phi) is 8.04. The zero-order chi connectivity index (χ0) is 38.4. The van der Waals surface area contributed by atoms with Crippen molar-refractivity contribution >= 4 is 32.9 Å². The first-order chi connectivity index (χ1) is 28.7. The highest BCUT2D eigenvalue weighted by atomic mass is 16.3. The highest BCUT2D eigenvalue weighted by Gasteiger charge is 2.18. The van der Waals surface area contributed by atoms with Gasteiger partial charge in [-0.25, -0.2) is 19.9 Å². The minimum absolute atomic E-state index is 0.610. The van der Waals surface area contributed by atoms with Crippen molar-refractivity contribution in [2.45, 2.75) is 0 Å². The summed E-state index contributed by atoms with van der Waals surface area (Å²) in [6.07, 6.45) is 0. The van der Waals surface area contributed by atoms with Gasteiger partial charge < -0.3 is 8.98 Å². The summed E-state index contributed by atoms with van der Waals surface area (Å²) in [4.78, 5) is 20.0. The zero-order valence-electron chi connectivity index (χ0n) is 31.2. The summed E-state index contributed by atoms with van der Waals surface area (Å²) in [5.41, 5.74) is 13.0. The molecule has 0 radical (unpaired) electrons. The second-order valence-corrected chi connectivity index (χ2v) is 14.3. The molecule has 0 spiro atoms. The van der Waals surface area contributed by atoms with Crippen molar-refractivity contribution in [3.8, 4) is 73.6 Å². The fraction of sp³-hybridized carbons (Fsp3) is 0. The van der Waals surface area contributed by atoms with Crippen molar-refractivity contribution in [1.29, 1.82) is 0 Å². The van der Waals surface area contributed by atoms with E-state index in [1.165, 1.54) is 0 Å². The molecule has 11 rings (SSSR count). The van der Waals surface area contributed by atoms with Crippen LogP contribution in [0.2, 0.25) is 0 Å². The largest absolute Gasteiger partial charge is 0.436 e. The number of nitrogens with zero attached hydrogens (tertiary/aromatic N) is 5. The first-order valence-corrected chi connectivity index (χ1v) is 19.3. The number of rotatable bonds is 7. The van der Waals surface area contributed by atoms with E-state index in [1.807, 2.05) is 78.9 Å². The van der Waals surface area contributed by atoms with Crippen molar-refractivity contribution in [3.63, 3.8) is 0 Å². The van der Waals surface area contributed by atoms with E-state index in [-0.39, 0.29) is 0 Å². The minimum Gasteiger partial charge on any atom is -0.436 e. The van der Waals surface area contributed by atoms with Crippen LogP contribution in [0.25, 0.3) is 106 Å². The average Bonchev–Trinajstić information content (AvgIpc) is 3.88. The van der Waals surface area contributed by atoms with Crippen LogP contribution in [0, 0.1) is 0 Å². The van der Waals surface area contributed by atoms with Crippen molar-refractivity contribution in [3.05, 3.63) is 200 Å². The lowest BCUT2D eigenvalue weighted by Gasteiger charge is -2.11. The molecule has 0 aliphatic heterocycles. The molecule has 0 fully saturated rings. The standard InChI is InChI=1S/C52H33N5O/c1-5-13-34(14-6-1)35-21-23-37(24-22-35)50-54-49(36-15-7-2-8-16-36)55-51(56-50)41-26-29-44-43-28-25-39(31-46(43)57(47(44)32-41)42-19-11-4-12-20-42)40-27-30-45-48(33-40)58-52(53-45)38-17-9-3-10-18-38/h1-33H. The third kappa shape index (κ3) is 6.01. The first kappa shape index (κ1) is 33.4. The van der Waals surface area contributed by atoms with Crippen LogP contribution in [0.5, 0.6) is 0 Å². The number of fused-ring (bicyclic) bond motifs is 4. The molecular weight excluding hydrogens is 711 g/mol. The fourth-order valence-electron chi connectivity index (χ4n) is 7.79. The molecule has 11 aromatic rings. The summed E-state index contributed by atoms with van der Waals surface area (Å²) in [6, 6.07) is 68.9. The molecule has 3 heterocycles. The lowest BCUT2D eigenvalue weighted by Crippen LogP contribution is -2.00. The second-order valence-electron chi connectivity index (χ2n) is 14.3. The number of hydrogen-bond donors (Lipinski definition) is 0. The topological polar surface area (TPSA) is 69.6 Å². The molecule has 6 heteroatoms. The molecule has 0 saturated heterocycles. The van der Waals surface area contributed by atoms with Gasteiger partial charge in [0.25, 0.3) is 0 Å². The van der Waals surface area contributed by atoms with Crippen molar-refractivity contribution in [1.82, 2.24) is 24.5 Å². The molecule has 0 bridgehead atoms. The number of para-hydroxylation sites is 1. The summed E-state index contributed by atoms with van der Waals surface area (Å²) in [6.45, 7) is 0. The molecule has 0 aliphatic rings. The Labute approximate surface area is 334 Å². The summed E-state index contributed by atoms with van der Waals surface area (Å²) in [5, 5.41) is 2.29. The van der Waals surface area contributed by atoms with Crippen LogP contribution in [-0.4, -0.2) is 24.5 Å². The Morgan fingerprint density at radius 2 is 0.759 bits per heavy atom. The summed E-state index contributed by atoms with van der Waals surface area (Å²) < 4.78 is 8.60. The van der Waals surface area contributed by atoms with Crippen molar-refractivity contribution in [2.75, 3.05) is 0 Å². The Bertz CT molecular complexity index is 3250. The van der Waals surface area contributed by atoms with Gasteiger partial charge in [-0.05, 0) is 70.8 Å². The van der Waals surface area contributed by atoms with Crippen LogP contribution in [-0.2, 0) is 0 Å². The van der Waals surface area contributed by atoms with E-state index >= 15 is 0 Å². The predicted molar refractivity (Wildman–Crippen MR) is 234 cm³/mol. The highest BCUT2D eigenvalue weighted by Crippen LogP contribution is 2.38. The Morgan fingerprint density at radius 3 is 1.40 bits per heavy atom. The van der Waals surface area contributed by atoms with Crippen molar-refractivity contribution < 1.29 is 4.42 Å². The van der Waals surface area contributed by atoms with Gasteiger partial charge in [0.2, 0.25) is 5.89 Å². The molecule has 0 atom stereocenters. The van der Waals surface area contributed by atoms with E-state index in [4.69, 9.17) is 24.4 Å². The maximum Gasteiger partial charge on any atom is 0.227 e. The molecular formula is C52H33N5O. The molecule has 0 unspecified atom stereocenters. The van der Waals surface area contributed by atoms with Gasteiger partial charge in [0, 0.05) is 38.7 Å². The Balaban J connectivity index is 1.05. The Morgan fingerprint density at radius 1 is 0.328 bits per heavy atom. The van der Waals surface area contributed by atoms with E-state index in [0.29, 0.717) is 23.4 Å². The summed E-state index contributed by atoms with van der Waals surface area (Å²) >= 11 is 0. The van der Waals surface area contributed by atoms with Gasteiger partial charge in [0.15, 0.2) is 23.1 Å². The predicted octanol–water partition coefficient (Wildman–Crippen LogP) is 13.1. The van der Waals surface area contributed by atoms with Gasteiger partial charge in [-0.2, -0.15) is 0 Å². The van der Waals surface area contributed by atoms with E-state index < -0.39 is 0 Å². The van der Waals surface area contributed by atoms with E-state index in [2.05, 4.69) is 126 Å². The maximum atomic E-state index is 6.26. The molecule has 0 N–H and O–H groups in total. The van der Waals surface area contributed by atoms with E-state index in [9.17, 15) is 0 Å². The van der Waals surface area contributed by atoms with Gasteiger partial charge in [-0.15, -0.1) is 0 Å². The lowest BCUT2D eigenvalue weighted by atomic mass is 10.0. The van der Waals surface area contributed by atoms with E-state index in [0.717, 1.165) is 83.1 Å². The summed E-state index contributed by atoms with van der Waals surface area (Å²) in [5.74, 6) is 2.47. The van der Waals surface area contributed by atoms with Crippen LogP contribution in [0.4, 0.5) is 0 Å². The van der Waals surface area contributed by atoms with Gasteiger partial charge in [0.1, 0.15) is 5.52 Å². The van der Waals surface area contributed by atoms with Gasteiger partial charge in [0.05, 0.1) is 11.0 Å². The number of oxazole rings is 1. The van der Waals surface area contributed by atoms with Crippen LogP contribution >= 0.6 is 0 Å². The molecule has 0 saturated carbocycles. The van der Waals surface area contributed by atoms with Crippen LogP contribution in [0.3, 0.4) is 0 Å². The lowest BCUT2D eigenvalue weighted by molar-refractivity contribution is 0.620. The summed E-state index contributed by atoms with van der Waals surface area (Å²) in [7, 11) is 0. The van der Waals surface area contributed by atoms with Crippen LogP contribution in [0.1, 0.15) is 0 Å². The third-order valence-corrected chi connectivity index (χ3v) is 10.7. The molecule has 6 nitrogen and oxygen atoms in total. The molecule has 0 aliphatic carbocycles. The third-order valence-electron chi connectivity index (χ3n) is 10.7. The zero-order valence-corrected chi connectivity index (χ0v) is 31.2. The van der Waals surface area contributed by atoms with Gasteiger partial charge >= 0.3 is 0 Å².